The number of para-hydroxylation sites is 1. The van der Waals surface area contributed by atoms with Gasteiger partial charge >= 0.3 is 0 Å². The summed E-state index contributed by atoms with van der Waals surface area (Å²) in [5.41, 5.74) is 8.08. The molecule has 0 amide bonds. The molecule has 1 aliphatic rings. The first-order chi connectivity index (χ1) is 9.86. The van der Waals surface area contributed by atoms with E-state index in [0.29, 0.717) is 0 Å². The summed E-state index contributed by atoms with van der Waals surface area (Å²) in [6, 6.07) is 10.6. The third-order valence-corrected chi connectivity index (χ3v) is 4.02. The number of pyridine rings is 1. The van der Waals surface area contributed by atoms with Gasteiger partial charge in [0.2, 0.25) is 0 Å². The number of benzene rings is 1. The van der Waals surface area contributed by atoms with E-state index in [4.69, 9.17) is 5.73 Å². The number of hydrogen-bond acceptors (Lipinski definition) is 4. The molecule has 4 heteroatoms. The molecule has 1 aliphatic heterocycles. The van der Waals surface area contributed by atoms with Gasteiger partial charge in [0.15, 0.2) is 0 Å². The van der Waals surface area contributed by atoms with Crippen molar-refractivity contribution in [1.29, 1.82) is 0 Å². The van der Waals surface area contributed by atoms with Crippen molar-refractivity contribution in [3.63, 3.8) is 0 Å². The molecule has 0 radical (unpaired) electrons. The summed E-state index contributed by atoms with van der Waals surface area (Å²) in [6.07, 6.45) is 1.88. The number of nitrogens with zero attached hydrogens (tertiary/aromatic N) is 3. The number of fused-ring (bicyclic) bond motifs is 1. The Morgan fingerprint density at radius 3 is 2.55 bits per heavy atom. The molecular formula is C16H22N4. The fraction of sp³-hybridized carbons (Fsp3) is 0.438. The SMILES string of the molecule is NCCN1CCN(Cc2cccc3cccnc23)CC1. The molecular weight excluding hydrogens is 248 g/mol. The Morgan fingerprint density at radius 1 is 1.00 bits per heavy atom. The van der Waals surface area contributed by atoms with Crippen molar-refractivity contribution in [3.05, 3.63) is 42.1 Å². The molecule has 1 saturated heterocycles. The van der Waals surface area contributed by atoms with Crippen LogP contribution in [0.4, 0.5) is 0 Å². The average molecular weight is 270 g/mol. The molecule has 2 aromatic rings. The molecule has 0 bridgehead atoms. The van der Waals surface area contributed by atoms with E-state index in [1.807, 2.05) is 12.3 Å². The maximum atomic E-state index is 5.62. The first-order valence-electron chi connectivity index (χ1n) is 7.34. The molecule has 0 aliphatic carbocycles. The molecule has 0 spiro atoms. The van der Waals surface area contributed by atoms with Gasteiger partial charge in [0, 0.05) is 57.4 Å². The second-order valence-electron chi connectivity index (χ2n) is 5.40. The lowest BCUT2D eigenvalue weighted by Crippen LogP contribution is -2.47. The molecule has 3 rings (SSSR count). The monoisotopic (exact) mass is 270 g/mol. The highest BCUT2D eigenvalue weighted by molar-refractivity contribution is 5.81. The smallest absolute Gasteiger partial charge is 0.0746 e. The van der Waals surface area contributed by atoms with Gasteiger partial charge in [-0.25, -0.2) is 0 Å². The van der Waals surface area contributed by atoms with Crippen molar-refractivity contribution in [2.24, 2.45) is 5.73 Å². The van der Waals surface area contributed by atoms with E-state index in [2.05, 4.69) is 39.0 Å². The highest BCUT2D eigenvalue weighted by Gasteiger charge is 2.16. The molecule has 0 saturated carbocycles. The van der Waals surface area contributed by atoms with Crippen LogP contribution in [0, 0.1) is 0 Å². The first kappa shape index (κ1) is 13.5. The second kappa shape index (κ2) is 6.31. The predicted octanol–water partition coefficient (Wildman–Crippen LogP) is 1.31. The Balaban J connectivity index is 1.68. The van der Waals surface area contributed by atoms with Crippen molar-refractivity contribution >= 4 is 10.9 Å². The van der Waals surface area contributed by atoms with Crippen LogP contribution in [-0.2, 0) is 6.54 Å². The lowest BCUT2D eigenvalue weighted by Gasteiger charge is -2.34. The summed E-state index contributed by atoms with van der Waals surface area (Å²) in [5, 5.41) is 1.23. The van der Waals surface area contributed by atoms with Gasteiger partial charge in [-0.1, -0.05) is 24.3 Å². The van der Waals surface area contributed by atoms with Crippen LogP contribution < -0.4 is 5.73 Å². The lowest BCUT2D eigenvalue weighted by atomic mass is 10.1. The number of aromatic nitrogens is 1. The van der Waals surface area contributed by atoms with Crippen LogP contribution in [0.5, 0.6) is 0 Å². The van der Waals surface area contributed by atoms with Crippen molar-refractivity contribution in [2.75, 3.05) is 39.3 Å². The van der Waals surface area contributed by atoms with Gasteiger partial charge in [-0.05, 0) is 11.6 Å². The second-order valence-corrected chi connectivity index (χ2v) is 5.40. The molecule has 1 aromatic carbocycles. The number of piperazine rings is 1. The van der Waals surface area contributed by atoms with Gasteiger partial charge in [-0.2, -0.15) is 0 Å². The molecule has 2 heterocycles. The van der Waals surface area contributed by atoms with Crippen molar-refractivity contribution < 1.29 is 0 Å². The number of rotatable bonds is 4. The Labute approximate surface area is 120 Å². The molecule has 0 atom stereocenters. The van der Waals surface area contributed by atoms with Crippen LogP contribution in [0.2, 0.25) is 0 Å². The minimum absolute atomic E-state index is 0.757. The fourth-order valence-electron chi connectivity index (χ4n) is 2.89. The minimum atomic E-state index is 0.757. The molecule has 106 valence electrons. The Hall–Kier alpha value is -1.49. The lowest BCUT2D eigenvalue weighted by molar-refractivity contribution is 0.130. The third-order valence-electron chi connectivity index (χ3n) is 4.02. The third kappa shape index (κ3) is 2.98. The zero-order valence-electron chi connectivity index (χ0n) is 11.8. The zero-order chi connectivity index (χ0) is 13.8. The van der Waals surface area contributed by atoms with Crippen LogP contribution in [0.3, 0.4) is 0 Å². The summed E-state index contributed by atoms with van der Waals surface area (Å²) in [6.45, 7) is 7.24. The summed E-state index contributed by atoms with van der Waals surface area (Å²) < 4.78 is 0. The van der Waals surface area contributed by atoms with Crippen LogP contribution in [-0.4, -0.2) is 54.1 Å². The summed E-state index contributed by atoms with van der Waals surface area (Å²) in [4.78, 5) is 9.49. The van der Waals surface area contributed by atoms with E-state index < -0.39 is 0 Å². The standard InChI is InChI=1S/C16H22N4/c17-6-8-19-9-11-20(12-10-19)13-15-4-1-3-14-5-2-7-18-16(14)15/h1-5,7H,6,8-13,17H2. The molecule has 1 aromatic heterocycles. The summed E-state index contributed by atoms with van der Waals surface area (Å²) in [7, 11) is 0. The predicted molar refractivity (Wildman–Crippen MR) is 82.5 cm³/mol. The highest BCUT2D eigenvalue weighted by Crippen LogP contribution is 2.18. The molecule has 20 heavy (non-hydrogen) atoms. The van der Waals surface area contributed by atoms with Gasteiger partial charge in [0.25, 0.3) is 0 Å². The van der Waals surface area contributed by atoms with E-state index in [9.17, 15) is 0 Å². The van der Waals surface area contributed by atoms with Crippen molar-refractivity contribution in [2.45, 2.75) is 6.54 Å². The normalized spacial score (nSPS) is 17.6. The van der Waals surface area contributed by atoms with E-state index >= 15 is 0 Å². The summed E-state index contributed by atoms with van der Waals surface area (Å²) in [5.74, 6) is 0. The zero-order valence-corrected chi connectivity index (χ0v) is 11.8. The van der Waals surface area contributed by atoms with E-state index in [0.717, 1.165) is 51.3 Å². The summed E-state index contributed by atoms with van der Waals surface area (Å²) >= 11 is 0. The molecule has 2 N–H and O–H groups in total. The van der Waals surface area contributed by atoms with Gasteiger partial charge in [0.1, 0.15) is 0 Å². The van der Waals surface area contributed by atoms with E-state index in [1.165, 1.54) is 10.9 Å². The van der Waals surface area contributed by atoms with Crippen LogP contribution in [0.15, 0.2) is 36.5 Å². The van der Waals surface area contributed by atoms with Gasteiger partial charge in [-0.3, -0.25) is 14.8 Å². The quantitative estimate of drug-likeness (QED) is 0.910. The van der Waals surface area contributed by atoms with Crippen LogP contribution >= 0.6 is 0 Å². The Kier molecular flexibility index (Phi) is 4.25. The maximum Gasteiger partial charge on any atom is 0.0746 e. The van der Waals surface area contributed by atoms with Crippen molar-refractivity contribution in [1.82, 2.24) is 14.8 Å². The average Bonchev–Trinajstić information content (AvgIpc) is 2.50. The van der Waals surface area contributed by atoms with E-state index in [-0.39, 0.29) is 0 Å². The molecule has 1 fully saturated rings. The van der Waals surface area contributed by atoms with Crippen LogP contribution in [0.1, 0.15) is 5.56 Å². The van der Waals surface area contributed by atoms with E-state index in [1.54, 1.807) is 0 Å². The van der Waals surface area contributed by atoms with Crippen molar-refractivity contribution in [3.8, 4) is 0 Å². The number of hydrogen-bond donors (Lipinski definition) is 1. The largest absolute Gasteiger partial charge is 0.329 e. The minimum Gasteiger partial charge on any atom is -0.329 e. The highest BCUT2D eigenvalue weighted by atomic mass is 15.3. The number of nitrogens with two attached hydrogens (primary N) is 1. The topological polar surface area (TPSA) is 45.4 Å². The maximum absolute atomic E-state index is 5.62. The molecule has 0 unspecified atom stereocenters. The Morgan fingerprint density at radius 2 is 1.75 bits per heavy atom. The van der Waals surface area contributed by atoms with Gasteiger partial charge in [0.05, 0.1) is 5.52 Å². The molecule has 4 nitrogen and oxygen atoms in total. The van der Waals surface area contributed by atoms with Crippen LogP contribution in [0.25, 0.3) is 10.9 Å². The first-order valence-corrected chi connectivity index (χ1v) is 7.34. The fourth-order valence-corrected chi connectivity index (χ4v) is 2.89. The van der Waals surface area contributed by atoms with Gasteiger partial charge < -0.3 is 5.73 Å². The Bertz CT molecular complexity index is 556. The van der Waals surface area contributed by atoms with Gasteiger partial charge in [-0.15, -0.1) is 0 Å².